The van der Waals surface area contributed by atoms with Crippen LogP contribution in [0.15, 0.2) is 28.9 Å². The fourth-order valence-corrected chi connectivity index (χ4v) is 2.26. The van der Waals surface area contributed by atoms with Crippen molar-refractivity contribution in [1.29, 1.82) is 0 Å². The van der Waals surface area contributed by atoms with Gasteiger partial charge in [-0.3, -0.25) is 0 Å². The van der Waals surface area contributed by atoms with Gasteiger partial charge in [-0.05, 0) is 46.6 Å². The van der Waals surface area contributed by atoms with E-state index in [4.69, 9.17) is 17.3 Å². The quantitative estimate of drug-likeness (QED) is 0.757. The van der Waals surface area contributed by atoms with E-state index >= 15 is 0 Å². The van der Waals surface area contributed by atoms with E-state index in [1.54, 1.807) is 6.92 Å². The molecule has 0 aliphatic rings. The lowest BCUT2D eigenvalue weighted by atomic mass is 10.2. The van der Waals surface area contributed by atoms with Crippen LogP contribution in [0.4, 0.5) is 30.4 Å². The molecule has 0 aliphatic carbocycles. The molecule has 1 heterocycles. The Kier molecular flexibility index (Phi) is 4.34. The highest BCUT2D eigenvalue weighted by molar-refractivity contribution is 9.10. The van der Waals surface area contributed by atoms with Crippen molar-refractivity contribution in [2.24, 2.45) is 0 Å². The molecule has 3 N–H and O–H groups in total. The zero-order chi connectivity index (χ0) is 15.8. The third-order valence-electron chi connectivity index (χ3n) is 2.85. The fourth-order valence-electron chi connectivity index (χ4n) is 1.60. The van der Waals surface area contributed by atoms with E-state index in [1.165, 1.54) is 12.3 Å². The summed E-state index contributed by atoms with van der Waals surface area (Å²) in [6.07, 6.45) is -2.97. The molecule has 0 amide bonds. The van der Waals surface area contributed by atoms with Crippen LogP contribution in [-0.4, -0.2) is 4.98 Å². The number of halogens is 5. The molecule has 2 rings (SSSR count). The van der Waals surface area contributed by atoms with Gasteiger partial charge in [-0.15, -0.1) is 0 Å². The summed E-state index contributed by atoms with van der Waals surface area (Å²) in [5.41, 5.74) is 6.50. The van der Waals surface area contributed by atoms with Crippen LogP contribution in [0.2, 0.25) is 5.02 Å². The third kappa shape index (κ3) is 3.41. The number of nitrogens with zero attached hydrogens (tertiary/aromatic N) is 1. The van der Waals surface area contributed by atoms with Gasteiger partial charge in [0.2, 0.25) is 0 Å². The van der Waals surface area contributed by atoms with Gasteiger partial charge >= 0.3 is 6.18 Å². The summed E-state index contributed by atoms with van der Waals surface area (Å²) in [7, 11) is 0. The molecule has 0 aliphatic heterocycles. The first-order chi connectivity index (χ1) is 9.70. The summed E-state index contributed by atoms with van der Waals surface area (Å²) in [6.45, 7) is 1.79. The molecule has 0 bridgehead atoms. The van der Waals surface area contributed by atoms with Crippen molar-refractivity contribution in [3.63, 3.8) is 0 Å². The number of anilines is 3. The average molecular weight is 381 g/mol. The van der Waals surface area contributed by atoms with Gasteiger partial charge in [0.05, 0.1) is 32.6 Å². The van der Waals surface area contributed by atoms with Gasteiger partial charge in [-0.25, -0.2) is 4.98 Å². The van der Waals surface area contributed by atoms with Crippen LogP contribution in [0, 0.1) is 6.92 Å². The molecule has 0 spiro atoms. The Balaban J connectivity index is 2.35. The third-order valence-corrected chi connectivity index (χ3v) is 4.14. The van der Waals surface area contributed by atoms with Crippen molar-refractivity contribution < 1.29 is 13.2 Å². The van der Waals surface area contributed by atoms with Crippen molar-refractivity contribution in [1.82, 2.24) is 4.98 Å². The number of alkyl halides is 3. The highest BCUT2D eigenvalue weighted by Gasteiger charge is 2.30. The fraction of sp³-hybridized carbons (Fsp3) is 0.154. The standard InChI is InChI=1S/C13H10BrClF3N3/c1-6-9(19)5-20-12(11(6)14)21-10-3-2-7(4-8(10)15)13(16,17)18/h2-5H,19H2,1H3,(H,20,21). The van der Waals surface area contributed by atoms with E-state index in [2.05, 4.69) is 26.2 Å². The van der Waals surface area contributed by atoms with Gasteiger partial charge in [0.1, 0.15) is 5.82 Å². The number of rotatable bonds is 2. The Hall–Kier alpha value is -1.47. The second-order valence-corrected chi connectivity index (χ2v) is 5.52. The van der Waals surface area contributed by atoms with Crippen LogP contribution in [0.3, 0.4) is 0 Å². The molecule has 0 saturated carbocycles. The smallest absolute Gasteiger partial charge is 0.397 e. The topological polar surface area (TPSA) is 50.9 Å². The minimum Gasteiger partial charge on any atom is -0.397 e. The number of benzene rings is 1. The summed E-state index contributed by atoms with van der Waals surface area (Å²) >= 11 is 9.21. The summed E-state index contributed by atoms with van der Waals surface area (Å²) in [4.78, 5) is 4.08. The minimum absolute atomic E-state index is 0.0481. The Bertz CT molecular complexity index is 689. The molecule has 21 heavy (non-hydrogen) atoms. The van der Waals surface area contributed by atoms with E-state index in [0.29, 0.717) is 21.7 Å². The Morgan fingerprint density at radius 3 is 2.57 bits per heavy atom. The number of aromatic nitrogens is 1. The molecular weight excluding hydrogens is 371 g/mol. The summed E-state index contributed by atoms with van der Waals surface area (Å²) in [5, 5.41) is 2.83. The molecule has 0 fully saturated rings. The molecular formula is C13H10BrClF3N3. The molecule has 2 aromatic rings. The van der Waals surface area contributed by atoms with E-state index in [-0.39, 0.29) is 5.02 Å². The van der Waals surface area contributed by atoms with E-state index in [0.717, 1.165) is 17.7 Å². The minimum atomic E-state index is -4.43. The average Bonchev–Trinajstić information content (AvgIpc) is 2.40. The van der Waals surface area contributed by atoms with E-state index in [1.807, 2.05) is 0 Å². The molecule has 0 atom stereocenters. The molecule has 1 aromatic carbocycles. The van der Waals surface area contributed by atoms with Gasteiger partial charge in [0, 0.05) is 0 Å². The maximum atomic E-state index is 12.6. The lowest BCUT2D eigenvalue weighted by Crippen LogP contribution is -2.05. The molecule has 112 valence electrons. The number of nitrogen functional groups attached to an aromatic ring is 1. The molecule has 0 unspecified atom stereocenters. The van der Waals surface area contributed by atoms with Crippen LogP contribution in [-0.2, 0) is 6.18 Å². The highest BCUT2D eigenvalue weighted by Crippen LogP contribution is 2.36. The monoisotopic (exact) mass is 379 g/mol. The first-order valence-corrected chi connectivity index (χ1v) is 6.91. The van der Waals surface area contributed by atoms with Gasteiger partial charge in [0.25, 0.3) is 0 Å². The second kappa shape index (κ2) is 5.73. The number of pyridine rings is 1. The van der Waals surface area contributed by atoms with Gasteiger partial charge in [-0.2, -0.15) is 13.2 Å². The number of nitrogens with two attached hydrogens (primary N) is 1. The van der Waals surface area contributed by atoms with E-state index in [9.17, 15) is 13.2 Å². The van der Waals surface area contributed by atoms with Crippen LogP contribution in [0.1, 0.15) is 11.1 Å². The highest BCUT2D eigenvalue weighted by atomic mass is 79.9. The molecule has 0 saturated heterocycles. The predicted octanol–water partition coefficient (Wildman–Crippen LogP) is 5.15. The first-order valence-electron chi connectivity index (χ1n) is 5.74. The van der Waals surface area contributed by atoms with Gasteiger partial charge in [-0.1, -0.05) is 11.6 Å². The first kappa shape index (κ1) is 15.9. The lowest BCUT2D eigenvalue weighted by molar-refractivity contribution is -0.137. The normalized spacial score (nSPS) is 11.5. The zero-order valence-corrected chi connectivity index (χ0v) is 13.1. The molecule has 0 radical (unpaired) electrons. The molecule has 3 nitrogen and oxygen atoms in total. The largest absolute Gasteiger partial charge is 0.416 e. The van der Waals surface area contributed by atoms with Crippen LogP contribution in [0.25, 0.3) is 0 Å². The van der Waals surface area contributed by atoms with Crippen LogP contribution in [0.5, 0.6) is 0 Å². The van der Waals surface area contributed by atoms with Crippen molar-refractivity contribution in [2.45, 2.75) is 13.1 Å². The SMILES string of the molecule is Cc1c(N)cnc(Nc2ccc(C(F)(F)F)cc2Cl)c1Br. The van der Waals surface area contributed by atoms with Crippen molar-refractivity contribution in [3.05, 3.63) is 45.0 Å². The lowest BCUT2D eigenvalue weighted by Gasteiger charge is -2.13. The number of hydrogen-bond acceptors (Lipinski definition) is 3. The number of hydrogen-bond donors (Lipinski definition) is 2. The zero-order valence-electron chi connectivity index (χ0n) is 10.7. The maximum Gasteiger partial charge on any atom is 0.416 e. The van der Waals surface area contributed by atoms with Crippen molar-refractivity contribution in [3.8, 4) is 0 Å². The van der Waals surface area contributed by atoms with Gasteiger partial charge in [0.15, 0.2) is 0 Å². The number of nitrogens with one attached hydrogen (secondary N) is 1. The second-order valence-electron chi connectivity index (χ2n) is 4.32. The van der Waals surface area contributed by atoms with Crippen LogP contribution < -0.4 is 11.1 Å². The van der Waals surface area contributed by atoms with Crippen molar-refractivity contribution in [2.75, 3.05) is 11.1 Å². The van der Waals surface area contributed by atoms with Crippen molar-refractivity contribution >= 4 is 44.7 Å². The Morgan fingerprint density at radius 1 is 1.33 bits per heavy atom. The maximum absolute atomic E-state index is 12.6. The Morgan fingerprint density at radius 2 is 2.00 bits per heavy atom. The summed E-state index contributed by atoms with van der Waals surface area (Å²) in [6, 6.07) is 3.07. The summed E-state index contributed by atoms with van der Waals surface area (Å²) < 4.78 is 38.3. The van der Waals surface area contributed by atoms with E-state index < -0.39 is 11.7 Å². The molecule has 8 heteroatoms. The Labute approximate surface area is 132 Å². The predicted molar refractivity (Wildman–Crippen MR) is 80.8 cm³/mol. The van der Waals surface area contributed by atoms with Gasteiger partial charge < -0.3 is 11.1 Å². The van der Waals surface area contributed by atoms with Crippen LogP contribution >= 0.6 is 27.5 Å². The molecule has 1 aromatic heterocycles. The summed E-state index contributed by atoms with van der Waals surface area (Å²) in [5.74, 6) is 0.420.